The standard InChI is InChI=1S/C49H56ClN7O8/c1-62-48(60)54-42(31-15-21-64-22-16-31)46(58)56-19-3-5-40(56)38-27-37(44(50)52-38)30-9-7-29(8-10-30)33-11-12-35-26-36(14-13-34(35)25-33)39-28-51-45(53-39)41-6-4-20-57(41)47(59)43(55-49(61)63-2)32-17-23-65-24-18-32/h7-14,25-26,28,31-32,40-43H,3-6,15-24,27H2,1-2H3,(H,51,53)(H,54,60)(H,55,61)/t40-,41-,42-,43-/m0/s1. The molecule has 65 heavy (non-hydrogen) atoms. The molecule has 0 radical (unpaired) electrons. The van der Waals surface area contributed by atoms with Crippen LogP contribution in [0.5, 0.6) is 0 Å². The molecule has 342 valence electrons. The third kappa shape index (κ3) is 9.50. The molecule has 3 aromatic carbocycles. The Labute approximate surface area is 383 Å². The van der Waals surface area contributed by atoms with Crippen LogP contribution in [-0.4, -0.2) is 121 Å². The van der Waals surface area contributed by atoms with Crippen LogP contribution in [-0.2, 0) is 28.5 Å². The molecule has 15 nitrogen and oxygen atoms in total. The van der Waals surface area contributed by atoms with Crippen LogP contribution in [0.4, 0.5) is 9.59 Å². The van der Waals surface area contributed by atoms with Crippen LogP contribution in [0, 0.1) is 11.8 Å². The molecule has 4 aromatic rings. The highest BCUT2D eigenvalue weighted by Gasteiger charge is 2.42. The number of benzene rings is 3. The molecular formula is C49H56ClN7O8. The minimum absolute atomic E-state index is 0.0321. The van der Waals surface area contributed by atoms with Gasteiger partial charge in [-0.05, 0) is 103 Å². The van der Waals surface area contributed by atoms with E-state index in [4.69, 9.17) is 40.5 Å². The zero-order valence-electron chi connectivity index (χ0n) is 36.9. The third-order valence-corrected chi connectivity index (χ3v) is 14.2. The minimum Gasteiger partial charge on any atom is -0.453 e. The molecule has 0 saturated carbocycles. The number of hydrogen-bond donors (Lipinski definition) is 3. The van der Waals surface area contributed by atoms with E-state index in [1.807, 2.05) is 16.0 Å². The Morgan fingerprint density at radius 3 is 1.78 bits per heavy atom. The van der Waals surface area contributed by atoms with E-state index in [0.29, 0.717) is 76.8 Å². The lowest BCUT2D eigenvalue weighted by atomic mass is 9.90. The summed E-state index contributed by atoms with van der Waals surface area (Å²) in [6.07, 6.45) is 7.13. The average molecular weight is 906 g/mol. The minimum atomic E-state index is -0.694. The van der Waals surface area contributed by atoms with Gasteiger partial charge >= 0.3 is 12.2 Å². The van der Waals surface area contributed by atoms with E-state index in [1.54, 1.807) is 0 Å². The number of ether oxygens (including phenoxy) is 4. The number of carbonyl (C=O) groups is 4. The van der Waals surface area contributed by atoms with Gasteiger partial charge in [-0.2, -0.15) is 0 Å². The number of amides is 4. The summed E-state index contributed by atoms with van der Waals surface area (Å²) in [5, 5.41) is 8.25. The van der Waals surface area contributed by atoms with Gasteiger partial charge < -0.3 is 44.4 Å². The van der Waals surface area contributed by atoms with E-state index in [2.05, 4.69) is 76.3 Å². The van der Waals surface area contributed by atoms with Crippen LogP contribution < -0.4 is 10.6 Å². The zero-order valence-corrected chi connectivity index (χ0v) is 37.6. The van der Waals surface area contributed by atoms with Crippen LogP contribution in [0.25, 0.3) is 38.7 Å². The predicted molar refractivity (Wildman–Crippen MR) is 246 cm³/mol. The van der Waals surface area contributed by atoms with Gasteiger partial charge in [-0.25, -0.2) is 19.6 Å². The molecular weight excluding hydrogens is 850 g/mol. The lowest BCUT2D eigenvalue weighted by molar-refractivity contribution is -0.137. The van der Waals surface area contributed by atoms with Crippen LogP contribution >= 0.6 is 11.6 Å². The van der Waals surface area contributed by atoms with Gasteiger partial charge in [-0.3, -0.25) is 9.59 Å². The highest BCUT2D eigenvalue weighted by molar-refractivity contribution is 6.35. The second-order valence-corrected chi connectivity index (χ2v) is 17.9. The number of H-pyrrole nitrogens is 1. The smallest absolute Gasteiger partial charge is 0.407 e. The average Bonchev–Trinajstić information content (AvgIpc) is 4.20. The van der Waals surface area contributed by atoms with Crippen molar-refractivity contribution in [3.63, 3.8) is 0 Å². The molecule has 6 heterocycles. The van der Waals surface area contributed by atoms with Gasteiger partial charge in [0.05, 0.1) is 38.2 Å². The molecule has 16 heteroatoms. The van der Waals surface area contributed by atoms with Gasteiger partial charge in [-0.15, -0.1) is 0 Å². The van der Waals surface area contributed by atoms with Crippen molar-refractivity contribution in [3.05, 3.63) is 83.4 Å². The number of carbonyl (C=O) groups excluding carboxylic acids is 4. The molecule has 4 saturated heterocycles. The first kappa shape index (κ1) is 44.4. The molecule has 3 N–H and O–H groups in total. The van der Waals surface area contributed by atoms with Crippen molar-refractivity contribution in [2.45, 2.75) is 82.0 Å². The second kappa shape index (κ2) is 19.8. The Morgan fingerprint density at radius 2 is 1.20 bits per heavy atom. The summed E-state index contributed by atoms with van der Waals surface area (Å²) in [5.74, 6) is 0.429. The molecule has 4 amide bonds. The topological polar surface area (TPSA) is 177 Å². The Balaban J connectivity index is 0.851. The maximum atomic E-state index is 14.1. The normalized spacial score (nSPS) is 21.6. The first-order chi connectivity index (χ1) is 31.7. The highest BCUT2D eigenvalue weighted by Crippen LogP contribution is 2.38. The van der Waals surface area contributed by atoms with E-state index >= 15 is 0 Å². The number of methoxy groups -OCH3 is 2. The van der Waals surface area contributed by atoms with Crippen molar-refractivity contribution >= 4 is 57.7 Å². The van der Waals surface area contributed by atoms with Gasteiger partial charge in [0.15, 0.2) is 0 Å². The first-order valence-electron chi connectivity index (χ1n) is 22.8. The van der Waals surface area contributed by atoms with Crippen LogP contribution in [0.15, 0.2) is 77.0 Å². The van der Waals surface area contributed by atoms with Gasteiger partial charge in [0.2, 0.25) is 11.8 Å². The summed E-state index contributed by atoms with van der Waals surface area (Å²) in [7, 11) is 2.62. The fourth-order valence-electron chi connectivity index (χ4n) is 10.3. The fourth-order valence-corrected chi connectivity index (χ4v) is 10.6. The Morgan fingerprint density at radius 1 is 0.692 bits per heavy atom. The van der Waals surface area contributed by atoms with Gasteiger partial charge in [0.1, 0.15) is 23.1 Å². The fraction of sp³-hybridized carbons (Fsp3) is 0.469. The number of aliphatic imine (C=N–C) groups is 1. The van der Waals surface area contributed by atoms with Crippen molar-refractivity contribution in [1.29, 1.82) is 0 Å². The van der Waals surface area contributed by atoms with Crippen molar-refractivity contribution in [3.8, 4) is 22.4 Å². The summed E-state index contributed by atoms with van der Waals surface area (Å²) in [6.45, 7) is 3.40. The molecule has 0 spiro atoms. The summed E-state index contributed by atoms with van der Waals surface area (Å²) in [4.78, 5) is 69.5. The number of allylic oxidation sites excluding steroid dienone is 1. The SMILES string of the molecule is COC(=O)N[C@H](C(=O)N1CCC[C@H]1C1=NC(Cl)=C(c2ccc(-c3ccc4cc(-c5cnc([C@@H]6CCCN6C(=O)[C@@H](NC(=O)OC)C6CCOCC6)[nH]5)ccc4c3)cc2)C1)C1CCOCC1. The number of rotatable bonds is 11. The lowest BCUT2D eigenvalue weighted by Crippen LogP contribution is -2.55. The van der Waals surface area contributed by atoms with Crippen molar-refractivity contribution in [2.75, 3.05) is 53.7 Å². The van der Waals surface area contributed by atoms with E-state index in [-0.39, 0.29) is 35.7 Å². The van der Waals surface area contributed by atoms with Crippen molar-refractivity contribution in [1.82, 2.24) is 30.4 Å². The number of likely N-dealkylation sites (tertiary alicyclic amines) is 2. The van der Waals surface area contributed by atoms with E-state index < -0.39 is 24.3 Å². The maximum Gasteiger partial charge on any atom is 0.407 e. The number of nitrogens with one attached hydrogen (secondary N) is 3. The molecule has 4 fully saturated rings. The summed E-state index contributed by atoms with van der Waals surface area (Å²) in [5.41, 5.74) is 6.77. The zero-order chi connectivity index (χ0) is 45.0. The molecule has 0 unspecified atom stereocenters. The molecule has 0 bridgehead atoms. The van der Waals surface area contributed by atoms with E-state index in [9.17, 15) is 19.2 Å². The number of nitrogens with zero attached hydrogens (tertiary/aromatic N) is 4. The van der Waals surface area contributed by atoms with Gasteiger partial charge in [0, 0.05) is 62.8 Å². The van der Waals surface area contributed by atoms with Crippen LogP contribution in [0.3, 0.4) is 0 Å². The maximum absolute atomic E-state index is 14.1. The van der Waals surface area contributed by atoms with Crippen molar-refractivity contribution < 1.29 is 38.1 Å². The molecule has 5 aliphatic heterocycles. The summed E-state index contributed by atoms with van der Waals surface area (Å²) >= 11 is 6.83. The van der Waals surface area contributed by atoms with E-state index in [0.717, 1.165) is 81.5 Å². The second-order valence-electron chi connectivity index (χ2n) is 17.6. The van der Waals surface area contributed by atoms with Gasteiger partial charge in [-0.1, -0.05) is 60.1 Å². The van der Waals surface area contributed by atoms with Crippen LogP contribution in [0.1, 0.15) is 75.2 Å². The summed E-state index contributed by atoms with van der Waals surface area (Å²) in [6, 6.07) is 19.3. The summed E-state index contributed by atoms with van der Waals surface area (Å²) < 4.78 is 20.8. The number of hydrogen-bond acceptors (Lipinski definition) is 10. The van der Waals surface area contributed by atoms with Crippen LogP contribution in [0.2, 0.25) is 0 Å². The first-order valence-corrected chi connectivity index (χ1v) is 23.2. The predicted octanol–water partition coefficient (Wildman–Crippen LogP) is 7.61. The number of aromatic amines is 1. The van der Waals surface area contributed by atoms with Gasteiger partial charge in [0.25, 0.3) is 0 Å². The molecule has 0 aliphatic carbocycles. The number of alkyl carbamates (subject to hydrolysis) is 2. The molecule has 9 rings (SSSR count). The number of imidazole rings is 1. The number of aromatic nitrogens is 2. The monoisotopic (exact) mass is 905 g/mol. The molecule has 1 aromatic heterocycles. The van der Waals surface area contributed by atoms with E-state index in [1.165, 1.54) is 14.2 Å². The highest BCUT2D eigenvalue weighted by atomic mass is 35.5. The third-order valence-electron chi connectivity index (χ3n) is 13.9. The largest absolute Gasteiger partial charge is 0.453 e. The van der Waals surface area contributed by atoms with Crippen molar-refractivity contribution in [2.24, 2.45) is 16.8 Å². The Bertz CT molecular complexity index is 2480. The number of halogens is 1. The lowest BCUT2D eigenvalue weighted by Gasteiger charge is -2.34. The quantitative estimate of drug-likeness (QED) is 0.128. The number of fused-ring (bicyclic) bond motifs is 1. The molecule has 4 atom stereocenters. The Hall–Kier alpha value is -5.77. The molecule has 5 aliphatic rings. The Kier molecular flexibility index (Phi) is 13.5.